The fraction of sp³-hybridized carbons (Fsp3) is 0.682. The smallest absolute Gasteiger partial charge is 0.209 e. The summed E-state index contributed by atoms with van der Waals surface area (Å²) in [6, 6.07) is 8.73. The summed E-state index contributed by atoms with van der Waals surface area (Å²) in [5.74, 6) is 1.94. The Labute approximate surface area is 179 Å². The highest BCUT2D eigenvalue weighted by Gasteiger charge is 2.33. The Morgan fingerprint density at radius 1 is 1.23 bits per heavy atom. The molecule has 2 atom stereocenters. The second-order valence-corrected chi connectivity index (χ2v) is 8.39. The first-order chi connectivity index (χ1) is 14.8. The van der Waals surface area contributed by atoms with Crippen molar-refractivity contribution in [1.82, 2.24) is 20.2 Å². The highest BCUT2D eigenvalue weighted by molar-refractivity contribution is 5.49. The first-order valence-corrected chi connectivity index (χ1v) is 11.4. The molecule has 0 radical (unpaired) electrons. The molecule has 2 aromatic rings. The second-order valence-electron chi connectivity index (χ2n) is 8.39. The minimum atomic E-state index is 0.251. The van der Waals surface area contributed by atoms with Crippen LogP contribution in [-0.2, 0) is 11.3 Å². The van der Waals surface area contributed by atoms with Gasteiger partial charge >= 0.3 is 0 Å². The quantitative estimate of drug-likeness (QED) is 0.669. The van der Waals surface area contributed by atoms with Crippen LogP contribution in [0.5, 0.6) is 5.75 Å². The summed E-state index contributed by atoms with van der Waals surface area (Å²) < 4.78 is 13.1. The number of piperazine rings is 1. The van der Waals surface area contributed by atoms with E-state index >= 15 is 0 Å². The van der Waals surface area contributed by atoms with Crippen LogP contribution in [0.4, 0.5) is 5.69 Å². The molecule has 0 saturated carbocycles. The number of benzene rings is 1. The van der Waals surface area contributed by atoms with E-state index < -0.39 is 0 Å². The summed E-state index contributed by atoms with van der Waals surface area (Å²) in [6.45, 7) is 8.15. The lowest BCUT2D eigenvalue weighted by Crippen LogP contribution is -3.15. The average molecular weight is 416 g/mol. The maximum Gasteiger partial charge on any atom is 0.209 e. The number of rotatable bonds is 9. The molecule has 30 heavy (non-hydrogen) atoms. The van der Waals surface area contributed by atoms with Gasteiger partial charge in [-0.15, -0.1) is 5.10 Å². The third-order valence-electron chi connectivity index (χ3n) is 6.45. The maximum atomic E-state index is 5.83. The summed E-state index contributed by atoms with van der Waals surface area (Å²) in [5.41, 5.74) is 1.27. The van der Waals surface area contributed by atoms with Crippen LogP contribution in [0.3, 0.4) is 0 Å². The molecule has 4 rings (SSSR count). The zero-order valence-corrected chi connectivity index (χ0v) is 18.3. The molecule has 2 aliphatic rings. The van der Waals surface area contributed by atoms with Gasteiger partial charge in [0.05, 0.1) is 45.9 Å². The van der Waals surface area contributed by atoms with Crippen LogP contribution in [0.15, 0.2) is 24.3 Å². The average Bonchev–Trinajstić information content (AvgIpc) is 3.47. The number of tetrazole rings is 1. The van der Waals surface area contributed by atoms with Crippen molar-refractivity contribution in [2.75, 3.05) is 44.8 Å². The van der Waals surface area contributed by atoms with Gasteiger partial charge in [-0.05, 0) is 54.0 Å². The first-order valence-electron chi connectivity index (χ1n) is 11.4. The van der Waals surface area contributed by atoms with Gasteiger partial charge in [0.2, 0.25) is 5.82 Å². The molecule has 2 aliphatic heterocycles. The molecule has 0 aliphatic carbocycles. The minimum absolute atomic E-state index is 0.251. The molecular weight excluding hydrogens is 380 g/mol. The zero-order chi connectivity index (χ0) is 20.8. The molecule has 0 amide bonds. The molecule has 1 aromatic carbocycles. The number of anilines is 1. The molecule has 2 fully saturated rings. The summed E-state index contributed by atoms with van der Waals surface area (Å²) >= 11 is 0. The summed E-state index contributed by atoms with van der Waals surface area (Å²) in [6.07, 6.45) is 6.01. The van der Waals surface area contributed by atoms with Gasteiger partial charge in [-0.2, -0.15) is 0 Å². The monoisotopic (exact) mass is 415 g/mol. The van der Waals surface area contributed by atoms with Crippen LogP contribution in [0, 0.1) is 0 Å². The van der Waals surface area contributed by atoms with Crippen LogP contribution in [-0.4, -0.2) is 66.2 Å². The van der Waals surface area contributed by atoms with Crippen molar-refractivity contribution in [3.8, 4) is 5.75 Å². The van der Waals surface area contributed by atoms with E-state index in [0.717, 1.165) is 70.2 Å². The molecule has 0 bridgehead atoms. The topological polar surface area (TPSA) is 69.7 Å². The highest BCUT2D eigenvalue weighted by Crippen LogP contribution is 2.21. The molecule has 1 N–H and O–H groups in total. The second kappa shape index (κ2) is 10.2. The van der Waals surface area contributed by atoms with Gasteiger partial charge in [0, 0.05) is 18.7 Å². The lowest BCUT2D eigenvalue weighted by atomic mass is 10.1. The Morgan fingerprint density at radius 3 is 2.70 bits per heavy atom. The van der Waals surface area contributed by atoms with Crippen molar-refractivity contribution < 1.29 is 14.4 Å². The fourth-order valence-electron chi connectivity index (χ4n) is 4.69. The number of quaternary nitrogens is 1. The van der Waals surface area contributed by atoms with E-state index in [1.807, 2.05) is 16.8 Å². The Bertz CT molecular complexity index is 766. The molecular formula is C22H35N6O2+. The standard InChI is InChI=1S/C22H34N6O2/c1-3-4-7-21(22-23-24-25-28(22)17-20-6-5-16-30-20)27-14-12-26(13-15-27)18-8-10-19(29-2)11-9-18/h8-11,20-21H,3-7,12-17H2,1-2H3/p+1/t20-,21-/m1/s1. The van der Waals surface area contributed by atoms with Crippen molar-refractivity contribution >= 4 is 5.69 Å². The van der Waals surface area contributed by atoms with E-state index in [4.69, 9.17) is 9.47 Å². The van der Waals surface area contributed by atoms with Gasteiger partial charge in [0.1, 0.15) is 11.8 Å². The van der Waals surface area contributed by atoms with E-state index in [0.29, 0.717) is 6.04 Å². The number of unbranched alkanes of at least 4 members (excludes halogenated alkanes) is 1. The van der Waals surface area contributed by atoms with Crippen LogP contribution in [0.1, 0.15) is 50.9 Å². The number of nitrogens with one attached hydrogen (secondary N) is 1. The Morgan fingerprint density at radius 2 is 2.03 bits per heavy atom. The van der Waals surface area contributed by atoms with E-state index in [9.17, 15) is 0 Å². The van der Waals surface area contributed by atoms with E-state index in [1.54, 1.807) is 12.0 Å². The molecule has 0 unspecified atom stereocenters. The van der Waals surface area contributed by atoms with E-state index in [2.05, 4.69) is 39.5 Å². The van der Waals surface area contributed by atoms with Crippen LogP contribution in [0.2, 0.25) is 0 Å². The van der Waals surface area contributed by atoms with E-state index in [1.165, 1.54) is 18.5 Å². The molecule has 0 spiro atoms. The van der Waals surface area contributed by atoms with Crippen molar-refractivity contribution in [2.24, 2.45) is 0 Å². The predicted molar refractivity (Wildman–Crippen MR) is 115 cm³/mol. The maximum absolute atomic E-state index is 5.83. The molecule has 2 saturated heterocycles. The number of ether oxygens (including phenoxy) is 2. The van der Waals surface area contributed by atoms with Crippen molar-refractivity contribution in [3.63, 3.8) is 0 Å². The Kier molecular flexibility index (Phi) is 7.17. The minimum Gasteiger partial charge on any atom is -0.497 e. The number of nitrogens with zero attached hydrogens (tertiary/aromatic N) is 5. The van der Waals surface area contributed by atoms with Crippen molar-refractivity contribution in [3.05, 3.63) is 30.1 Å². The Balaban J connectivity index is 1.42. The third-order valence-corrected chi connectivity index (χ3v) is 6.45. The molecule has 3 heterocycles. The highest BCUT2D eigenvalue weighted by atomic mass is 16.5. The molecule has 8 heteroatoms. The number of methoxy groups -OCH3 is 1. The largest absolute Gasteiger partial charge is 0.497 e. The normalized spacial score (nSPS) is 21.1. The van der Waals surface area contributed by atoms with Crippen LogP contribution >= 0.6 is 0 Å². The molecule has 8 nitrogen and oxygen atoms in total. The molecule has 164 valence electrons. The van der Waals surface area contributed by atoms with Gasteiger partial charge in [0.25, 0.3) is 0 Å². The predicted octanol–water partition coefficient (Wildman–Crippen LogP) is 1.50. The zero-order valence-electron chi connectivity index (χ0n) is 18.3. The lowest BCUT2D eigenvalue weighted by molar-refractivity contribution is -0.933. The van der Waals surface area contributed by atoms with Gasteiger partial charge in [-0.25, -0.2) is 4.68 Å². The summed E-state index contributed by atoms with van der Waals surface area (Å²) in [7, 11) is 1.71. The van der Waals surface area contributed by atoms with Crippen molar-refractivity contribution in [2.45, 2.75) is 57.7 Å². The van der Waals surface area contributed by atoms with Gasteiger partial charge < -0.3 is 19.3 Å². The van der Waals surface area contributed by atoms with Crippen LogP contribution in [0.25, 0.3) is 0 Å². The SMILES string of the molecule is CCCC[C@H](c1nnnn1C[C@H]1CCCO1)[NH+]1CCN(c2ccc(OC)cc2)CC1. The van der Waals surface area contributed by atoms with Gasteiger partial charge in [-0.3, -0.25) is 0 Å². The number of hydrogen-bond acceptors (Lipinski definition) is 6. The summed E-state index contributed by atoms with van der Waals surface area (Å²) in [5, 5.41) is 12.8. The first kappa shape index (κ1) is 21.1. The number of aromatic nitrogens is 4. The number of hydrogen-bond donors (Lipinski definition) is 1. The third kappa shape index (κ3) is 4.92. The van der Waals surface area contributed by atoms with E-state index in [-0.39, 0.29) is 6.10 Å². The van der Waals surface area contributed by atoms with Crippen LogP contribution < -0.4 is 14.5 Å². The summed E-state index contributed by atoms with van der Waals surface area (Å²) in [4.78, 5) is 4.06. The van der Waals surface area contributed by atoms with Crippen molar-refractivity contribution in [1.29, 1.82) is 0 Å². The van der Waals surface area contributed by atoms with Gasteiger partial charge in [-0.1, -0.05) is 13.3 Å². The Hall–Kier alpha value is -2.19. The molecule has 1 aromatic heterocycles. The fourth-order valence-corrected chi connectivity index (χ4v) is 4.69. The lowest BCUT2D eigenvalue weighted by Gasteiger charge is -2.37. The van der Waals surface area contributed by atoms with Gasteiger partial charge in [0.15, 0.2) is 0 Å².